The maximum atomic E-state index is 12.3. The molecule has 0 amide bonds. The van der Waals surface area contributed by atoms with Crippen LogP contribution in [0.5, 0.6) is 0 Å². The van der Waals surface area contributed by atoms with Crippen molar-refractivity contribution in [2.75, 3.05) is 0 Å². The van der Waals surface area contributed by atoms with E-state index >= 15 is 0 Å². The van der Waals surface area contributed by atoms with E-state index in [-0.39, 0.29) is 18.2 Å². The second kappa shape index (κ2) is 6.34. The normalized spacial score (nSPS) is 11.1. The first-order valence-corrected chi connectivity index (χ1v) is 8.17. The van der Waals surface area contributed by atoms with Crippen LogP contribution in [0.3, 0.4) is 0 Å². The predicted molar refractivity (Wildman–Crippen MR) is 88.9 cm³/mol. The summed E-state index contributed by atoms with van der Waals surface area (Å²) in [6, 6.07) is 11.1. The summed E-state index contributed by atoms with van der Waals surface area (Å²) < 4.78 is 6.16. The zero-order chi connectivity index (χ0) is 16.4. The van der Waals surface area contributed by atoms with Gasteiger partial charge in [0.2, 0.25) is 0 Å². The molecule has 5 nitrogen and oxygen atoms in total. The minimum absolute atomic E-state index is 0.130. The highest BCUT2D eigenvalue weighted by molar-refractivity contribution is 7.13. The van der Waals surface area contributed by atoms with Crippen LogP contribution < -0.4 is 5.76 Å². The van der Waals surface area contributed by atoms with Crippen LogP contribution in [0.1, 0.15) is 35.7 Å². The lowest BCUT2D eigenvalue weighted by molar-refractivity contribution is 0.0965. The molecule has 118 valence electrons. The third-order valence-corrected chi connectivity index (χ3v) is 4.39. The van der Waals surface area contributed by atoms with Crippen LogP contribution in [0, 0.1) is 0 Å². The number of hydrogen-bond donors (Lipinski definition) is 0. The van der Waals surface area contributed by atoms with Crippen LogP contribution in [0.15, 0.2) is 51.0 Å². The fourth-order valence-electron chi connectivity index (χ4n) is 2.19. The highest BCUT2D eigenvalue weighted by Gasteiger charge is 2.15. The molecule has 0 radical (unpaired) electrons. The summed E-state index contributed by atoms with van der Waals surface area (Å²) in [5.41, 5.74) is 1.72. The molecule has 0 N–H and O–H groups in total. The monoisotopic (exact) mass is 328 g/mol. The lowest BCUT2D eigenvalue weighted by atomic mass is 10.0. The smallest absolute Gasteiger partial charge is 0.387 e. The van der Waals surface area contributed by atoms with Gasteiger partial charge in [-0.1, -0.05) is 44.2 Å². The maximum absolute atomic E-state index is 12.3. The van der Waals surface area contributed by atoms with Gasteiger partial charge in [-0.15, -0.1) is 16.4 Å². The molecule has 1 aromatic carbocycles. The first-order valence-electron chi connectivity index (χ1n) is 7.29. The third kappa shape index (κ3) is 3.32. The summed E-state index contributed by atoms with van der Waals surface area (Å²) in [6.07, 6.45) is 0. The standard InChI is InChI=1S/C17H16N2O3S/c1-11(2)12-5-7-13(8-6-12)14(20)10-19-17(21)22-16(18-19)15-4-3-9-23-15/h3-9,11H,10H2,1-2H3. The zero-order valence-corrected chi connectivity index (χ0v) is 13.7. The van der Waals surface area contributed by atoms with Gasteiger partial charge in [-0.2, -0.15) is 4.68 Å². The molecule has 0 atom stereocenters. The van der Waals surface area contributed by atoms with Crippen molar-refractivity contribution >= 4 is 17.1 Å². The van der Waals surface area contributed by atoms with E-state index in [2.05, 4.69) is 18.9 Å². The summed E-state index contributed by atoms with van der Waals surface area (Å²) in [5, 5.41) is 5.96. The lowest BCUT2D eigenvalue weighted by Crippen LogP contribution is -2.21. The molecule has 6 heteroatoms. The average Bonchev–Trinajstić information content (AvgIpc) is 3.18. The molecule has 23 heavy (non-hydrogen) atoms. The van der Waals surface area contributed by atoms with Crippen molar-refractivity contribution in [3.05, 3.63) is 63.5 Å². The van der Waals surface area contributed by atoms with Gasteiger partial charge in [-0.3, -0.25) is 4.79 Å². The Labute approximate surface area is 137 Å². The second-order valence-electron chi connectivity index (χ2n) is 5.51. The summed E-state index contributed by atoms with van der Waals surface area (Å²) >= 11 is 1.42. The van der Waals surface area contributed by atoms with Crippen LogP contribution in [-0.2, 0) is 6.54 Å². The summed E-state index contributed by atoms with van der Waals surface area (Å²) in [6.45, 7) is 4.06. The number of nitrogens with zero attached hydrogens (tertiary/aromatic N) is 2. The number of aromatic nitrogens is 2. The van der Waals surface area contributed by atoms with Crippen LogP contribution in [0.25, 0.3) is 10.8 Å². The second-order valence-corrected chi connectivity index (χ2v) is 6.46. The number of rotatable bonds is 5. The van der Waals surface area contributed by atoms with Gasteiger partial charge >= 0.3 is 5.76 Å². The molecular weight excluding hydrogens is 312 g/mol. The van der Waals surface area contributed by atoms with E-state index in [1.807, 2.05) is 29.6 Å². The number of carbonyl (C=O) groups is 1. The zero-order valence-electron chi connectivity index (χ0n) is 12.9. The van der Waals surface area contributed by atoms with Crippen LogP contribution >= 0.6 is 11.3 Å². The van der Waals surface area contributed by atoms with Gasteiger partial charge in [-0.25, -0.2) is 4.79 Å². The molecular formula is C17H16N2O3S. The Bertz CT molecular complexity index is 858. The molecule has 0 saturated heterocycles. The molecule has 2 aromatic heterocycles. The molecule has 0 aliphatic carbocycles. The molecule has 0 bridgehead atoms. The fourth-order valence-corrected chi connectivity index (χ4v) is 2.83. The average molecular weight is 328 g/mol. The Kier molecular flexibility index (Phi) is 4.25. The highest BCUT2D eigenvalue weighted by atomic mass is 32.1. The van der Waals surface area contributed by atoms with Gasteiger partial charge in [0.15, 0.2) is 5.78 Å². The Morgan fingerprint density at radius 1 is 1.26 bits per heavy atom. The van der Waals surface area contributed by atoms with E-state index in [9.17, 15) is 9.59 Å². The molecule has 0 fully saturated rings. The van der Waals surface area contributed by atoms with Crippen LogP contribution in [-0.4, -0.2) is 15.6 Å². The van der Waals surface area contributed by atoms with Gasteiger partial charge in [0.1, 0.15) is 6.54 Å². The Balaban J connectivity index is 1.79. The number of carbonyl (C=O) groups excluding carboxylic acids is 1. The molecule has 2 heterocycles. The van der Waals surface area contributed by atoms with Gasteiger partial charge < -0.3 is 4.42 Å². The van der Waals surface area contributed by atoms with Crippen LogP contribution in [0.4, 0.5) is 0 Å². The minimum atomic E-state index is -0.624. The van der Waals surface area contributed by atoms with Crippen molar-refractivity contribution < 1.29 is 9.21 Å². The highest BCUT2D eigenvalue weighted by Crippen LogP contribution is 2.21. The molecule has 0 spiro atoms. The summed E-state index contributed by atoms with van der Waals surface area (Å²) in [5.74, 6) is -0.146. The number of thiophene rings is 1. The number of hydrogen-bond acceptors (Lipinski definition) is 5. The van der Waals surface area contributed by atoms with Gasteiger partial charge in [-0.05, 0) is 22.9 Å². The first kappa shape index (κ1) is 15.4. The molecule has 0 aliphatic heterocycles. The topological polar surface area (TPSA) is 65.1 Å². The van der Waals surface area contributed by atoms with E-state index in [1.165, 1.54) is 16.9 Å². The minimum Gasteiger partial charge on any atom is -0.387 e. The number of Topliss-reactive ketones (excluding diaryl/α,β-unsaturated/α-hetero) is 1. The quantitative estimate of drug-likeness (QED) is 0.672. The van der Waals surface area contributed by atoms with Crippen molar-refractivity contribution in [3.63, 3.8) is 0 Å². The van der Waals surface area contributed by atoms with Gasteiger partial charge in [0.05, 0.1) is 4.88 Å². The first-order chi connectivity index (χ1) is 11.0. The van der Waals surface area contributed by atoms with E-state index in [1.54, 1.807) is 12.1 Å². The summed E-state index contributed by atoms with van der Waals surface area (Å²) in [4.78, 5) is 24.9. The lowest BCUT2D eigenvalue weighted by Gasteiger charge is -2.06. The van der Waals surface area contributed by atoms with Gasteiger partial charge in [0.25, 0.3) is 5.89 Å². The Hall–Kier alpha value is -2.47. The molecule has 3 aromatic rings. The Morgan fingerprint density at radius 3 is 2.61 bits per heavy atom. The number of ketones is 1. The van der Waals surface area contributed by atoms with Crippen molar-refractivity contribution in [1.29, 1.82) is 0 Å². The van der Waals surface area contributed by atoms with Crippen molar-refractivity contribution in [3.8, 4) is 10.8 Å². The molecule has 0 unspecified atom stereocenters. The van der Waals surface area contributed by atoms with E-state index in [0.29, 0.717) is 11.5 Å². The molecule has 3 rings (SSSR count). The third-order valence-electron chi connectivity index (χ3n) is 3.53. The Morgan fingerprint density at radius 2 is 2.00 bits per heavy atom. The summed E-state index contributed by atoms with van der Waals surface area (Å²) in [7, 11) is 0. The fraction of sp³-hybridized carbons (Fsp3) is 0.235. The maximum Gasteiger partial charge on any atom is 0.437 e. The van der Waals surface area contributed by atoms with Crippen molar-refractivity contribution in [2.24, 2.45) is 0 Å². The number of benzene rings is 1. The molecule has 0 saturated carbocycles. The van der Waals surface area contributed by atoms with Crippen molar-refractivity contribution in [1.82, 2.24) is 9.78 Å². The van der Waals surface area contributed by atoms with E-state index in [4.69, 9.17) is 4.42 Å². The van der Waals surface area contributed by atoms with Gasteiger partial charge in [0, 0.05) is 5.56 Å². The van der Waals surface area contributed by atoms with E-state index in [0.717, 1.165) is 9.56 Å². The predicted octanol–water partition coefficient (Wildman–Crippen LogP) is 3.57. The van der Waals surface area contributed by atoms with Crippen LogP contribution in [0.2, 0.25) is 0 Å². The largest absolute Gasteiger partial charge is 0.437 e. The molecule has 0 aliphatic rings. The van der Waals surface area contributed by atoms with E-state index < -0.39 is 5.76 Å². The van der Waals surface area contributed by atoms with Crippen molar-refractivity contribution in [2.45, 2.75) is 26.3 Å². The SMILES string of the molecule is CC(C)c1ccc(C(=O)Cn2nc(-c3cccs3)oc2=O)cc1.